The van der Waals surface area contributed by atoms with Crippen molar-refractivity contribution in [3.63, 3.8) is 0 Å². The van der Waals surface area contributed by atoms with Crippen molar-refractivity contribution in [3.8, 4) is 0 Å². The topological polar surface area (TPSA) is 35.6 Å². The standard InChI is InChI=1S/C11H23N3O/c1-11(2,3)13(4)9-10(15)14-7-5-12-6-8-14/h12H,5-9H2,1-4H3. The summed E-state index contributed by atoms with van der Waals surface area (Å²) >= 11 is 0. The first-order valence-electron chi connectivity index (χ1n) is 5.61. The first-order valence-corrected chi connectivity index (χ1v) is 5.61. The second-order valence-corrected chi connectivity index (χ2v) is 5.16. The number of rotatable bonds is 2. The molecule has 15 heavy (non-hydrogen) atoms. The van der Waals surface area contributed by atoms with Gasteiger partial charge in [-0.25, -0.2) is 0 Å². The van der Waals surface area contributed by atoms with Crippen LogP contribution in [0.15, 0.2) is 0 Å². The fraction of sp³-hybridized carbons (Fsp3) is 0.909. The van der Waals surface area contributed by atoms with Crippen LogP contribution in [-0.2, 0) is 4.79 Å². The number of carbonyl (C=O) groups excluding carboxylic acids is 1. The Morgan fingerprint density at radius 3 is 2.33 bits per heavy atom. The van der Waals surface area contributed by atoms with Crippen molar-refractivity contribution >= 4 is 5.91 Å². The highest BCUT2D eigenvalue weighted by Gasteiger charge is 2.23. The van der Waals surface area contributed by atoms with Gasteiger partial charge in [0, 0.05) is 31.7 Å². The van der Waals surface area contributed by atoms with Gasteiger partial charge in [-0.1, -0.05) is 0 Å². The molecule has 0 aromatic heterocycles. The van der Waals surface area contributed by atoms with Crippen LogP contribution < -0.4 is 5.32 Å². The number of piperazine rings is 1. The summed E-state index contributed by atoms with van der Waals surface area (Å²) in [6.07, 6.45) is 0. The van der Waals surface area contributed by atoms with Gasteiger partial charge in [0.25, 0.3) is 0 Å². The number of nitrogens with zero attached hydrogens (tertiary/aromatic N) is 2. The molecule has 0 aromatic rings. The molecule has 0 aromatic carbocycles. The van der Waals surface area contributed by atoms with E-state index in [-0.39, 0.29) is 11.4 Å². The fourth-order valence-corrected chi connectivity index (χ4v) is 1.45. The lowest BCUT2D eigenvalue weighted by Crippen LogP contribution is -2.51. The van der Waals surface area contributed by atoms with Crippen LogP contribution in [0.3, 0.4) is 0 Å². The number of nitrogens with one attached hydrogen (secondary N) is 1. The Kier molecular flexibility index (Phi) is 4.11. The average molecular weight is 213 g/mol. The lowest BCUT2D eigenvalue weighted by atomic mass is 10.1. The van der Waals surface area contributed by atoms with E-state index >= 15 is 0 Å². The van der Waals surface area contributed by atoms with Gasteiger partial charge in [0.2, 0.25) is 5.91 Å². The van der Waals surface area contributed by atoms with Crippen molar-refractivity contribution in [1.29, 1.82) is 0 Å². The lowest BCUT2D eigenvalue weighted by molar-refractivity contribution is -0.133. The van der Waals surface area contributed by atoms with Crippen LogP contribution >= 0.6 is 0 Å². The van der Waals surface area contributed by atoms with E-state index in [9.17, 15) is 4.79 Å². The molecule has 1 fully saturated rings. The Bertz CT molecular complexity index is 216. The van der Waals surface area contributed by atoms with Crippen molar-refractivity contribution in [2.24, 2.45) is 0 Å². The monoisotopic (exact) mass is 213 g/mol. The van der Waals surface area contributed by atoms with Crippen molar-refractivity contribution in [2.75, 3.05) is 39.8 Å². The third kappa shape index (κ3) is 3.80. The Labute approximate surface area is 92.6 Å². The summed E-state index contributed by atoms with van der Waals surface area (Å²) < 4.78 is 0. The van der Waals surface area contributed by atoms with Gasteiger partial charge in [-0.05, 0) is 27.8 Å². The molecule has 4 heteroatoms. The normalized spacial score (nSPS) is 18.3. The maximum atomic E-state index is 11.9. The quantitative estimate of drug-likeness (QED) is 0.709. The van der Waals surface area contributed by atoms with Crippen LogP contribution in [0.4, 0.5) is 0 Å². The Morgan fingerprint density at radius 2 is 1.87 bits per heavy atom. The van der Waals surface area contributed by atoms with Gasteiger partial charge in [-0.15, -0.1) is 0 Å². The summed E-state index contributed by atoms with van der Waals surface area (Å²) in [5, 5.41) is 3.25. The molecule has 1 amide bonds. The van der Waals surface area contributed by atoms with E-state index in [1.165, 1.54) is 0 Å². The van der Waals surface area contributed by atoms with Crippen LogP contribution in [0.25, 0.3) is 0 Å². The highest BCUT2D eigenvalue weighted by Crippen LogP contribution is 2.10. The minimum atomic E-state index is 0.0592. The van der Waals surface area contributed by atoms with Crippen molar-refractivity contribution in [3.05, 3.63) is 0 Å². The van der Waals surface area contributed by atoms with E-state index in [2.05, 4.69) is 31.0 Å². The molecular weight excluding hydrogens is 190 g/mol. The molecule has 0 bridgehead atoms. The zero-order chi connectivity index (χ0) is 11.5. The van der Waals surface area contributed by atoms with Crippen molar-refractivity contribution < 1.29 is 4.79 Å². The van der Waals surface area contributed by atoms with Gasteiger partial charge in [0.1, 0.15) is 0 Å². The van der Waals surface area contributed by atoms with Crippen LogP contribution in [0.2, 0.25) is 0 Å². The molecule has 1 rings (SSSR count). The average Bonchev–Trinajstić information content (AvgIpc) is 2.17. The molecule has 1 N–H and O–H groups in total. The fourth-order valence-electron chi connectivity index (χ4n) is 1.45. The smallest absolute Gasteiger partial charge is 0.236 e. The van der Waals surface area contributed by atoms with Crippen LogP contribution in [0.5, 0.6) is 0 Å². The highest BCUT2D eigenvalue weighted by molar-refractivity contribution is 5.78. The van der Waals surface area contributed by atoms with Crippen molar-refractivity contribution in [2.45, 2.75) is 26.3 Å². The van der Waals surface area contributed by atoms with Gasteiger partial charge in [-0.2, -0.15) is 0 Å². The van der Waals surface area contributed by atoms with E-state index in [0.717, 1.165) is 26.2 Å². The largest absolute Gasteiger partial charge is 0.339 e. The van der Waals surface area contributed by atoms with Crippen LogP contribution in [-0.4, -0.2) is 61.0 Å². The molecule has 1 aliphatic heterocycles. The molecular formula is C11H23N3O. The minimum Gasteiger partial charge on any atom is -0.339 e. The van der Waals surface area contributed by atoms with Crippen LogP contribution in [0.1, 0.15) is 20.8 Å². The zero-order valence-corrected chi connectivity index (χ0v) is 10.3. The number of carbonyl (C=O) groups is 1. The predicted molar refractivity (Wildman–Crippen MR) is 61.8 cm³/mol. The Balaban J connectivity index is 2.40. The third-order valence-corrected chi connectivity index (χ3v) is 2.99. The minimum absolute atomic E-state index is 0.0592. The maximum absolute atomic E-state index is 11.9. The van der Waals surface area contributed by atoms with Gasteiger partial charge >= 0.3 is 0 Å². The first-order chi connectivity index (χ1) is 6.91. The summed E-state index contributed by atoms with van der Waals surface area (Å²) in [7, 11) is 2.00. The Morgan fingerprint density at radius 1 is 1.33 bits per heavy atom. The maximum Gasteiger partial charge on any atom is 0.236 e. The second-order valence-electron chi connectivity index (χ2n) is 5.16. The zero-order valence-electron chi connectivity index (χ0n) is 10.3. The molecule has 0 aliphatic carbocycles. The Hall–Kier alpha value is -0.610. The van der Waals surface area contributed by atoms with E-state index in [0.29, 0.717) is 6.54 Å². The molecule has 0 atom stereocenters. The molecule has 0 spiro atoms. The summed E-state index contributed by atoms with van der Waals surface area (Å²) in [4.78, 5) is 15.9. The number of amides is 1. The van der Waals surface area contributed by atoms with Gasteiger partial charge in [0.05, 0.1) is 6.54 Å². The summed E-state index contributed by atoms with van der Waals surface area (Å²) in [6.45, 7) is 10.4. The van der Waals surface area contributed by atoms with Gasteiger partial charge < -0.3 is 10.2 Å². The van der Waals surface area contributed by atoms with E-state index in [1.807, 2.05) is 11.9 Å². The molecule has 1 saturated heterocycles. The highest BCUT2D eigenvalue weighted by atomic mass is 16.2. The van der Waals surface area contributed by atoms with Gasteiger partial charge in [-0.3, -0.25) is 9.69 Å². The van der Waals surface area contributed by atoms with E-state index < -0.39 is 0 Å². The molecule has 1 heterocycles. The summed E-state index contributed by atoms with van der Waals surface area (Å²) in [6, 6.07) is 0. The molecule has 88 valence electrons. The van der Waals surface area contributed by atoms with E-state index in [1.54, 1.807) is 0 Å². The molecule has 0 radical (unpaired) electrons. The van der Waals surface area contributed by atoms with Crippen molar-refractivity contribution in [1.82, 2.24) is 15.1 Å². The number of likely N-dealkylation sites (N-methyl/N-ethyl adjacent to an activating group) is 1. The van der Waals surface area contributed by atoms with E-state index in [4.69, 9.17) is 0 Å². The lowest BCUT2D eigenvalue weighted by Gasteiger charge is -2.34. The molecule has 4 nitrogen and oxygen atoms in total. The molecule has 0 unspecified atom stereocenters. The molecule has 1 aliphatic rings. The second kappa shape index (κ2) is 4.94. The SMILES string of the molecule is CN(CC(=O)N1CCNCC1)C(C)(C)C. The predicted octanol–water partition coefficient (Wildman–Crippen LogP) is 0.149. The van der Waals surface area contributed by atoms with Crippen LogP contribution in [0, 0.1) is 0 Å². The number of hydrogen-bond donors (Lipinski definition) is 1. The first kappa shape index (κ1) is 12.5. The molecule has 0 saturated carbocycles. The summed E-state index contributed by atoms with van der Waals surface area (Å²) in [5.41, 5.74) is 0.0592. The third-order valence-electron chi connectivity index (χ3n) is 2.99. The van der Waals surface area contributed by atoms with Gasteiger partial charge in [0.15, 0.2) is 0 Å². The summed E-state index contributed by atoms with van der Waals surface area (Å²) in [5.74, 6) is 0.244. The number of hydrogen-bond acceptors (Lipinski definition) is 3.